The minimum atomic E-state index is -3.84. The van der Waals surface area contributed by atoms with Gasteiger partial charge in [0.15, 0.2) is 11.4 Å². The zero-order valence-electron chi connectivity index (χ0n) is 11.3. The van der Waals surface area contributed by atoms with Crippen molar-refractivity contribution in [3.63, 3.8) is 0 Å². The molecule has 22 heavy (non-hydrogen) atoms. The van der Waals surface area contributed by atoms with Gasteiger partial charge >= 0.3 is 0 Å². The van der Waals surface area contributed by atoms with Crippen LogP contribution in [-0.2, 0) is 15.6 Å². The van der Waals surface area contributed by atoms with E-state index in [2.05, 4.69) is 10.1 Å². The van der Waals surface area contributed by atoms with E-state index in [1.807, 2.05) is 0 Å². The van der Waals surface area contributed by atoms with Gasteiger partial charge in [-0.05, 0) is 13.0 Å². The number of β-amino-alcohol motifs (C(OH)–C–C–N with tert-alkyl or cyclic N) is 1. The second-order valence-corrected chi connectivity index (χ2v) is 9.15. The summed E-state index contributed by atoms with van der Waals surface area (Å²) in [7, 11) is -3.84. The van der Waals surface area contributed by atoms with Crippen molar-refractivity contribution in [2.45, 2.75) is 23.8 Å². The lowest BCUT2D eigenvalue weighted by Crippen LogP contribution is -2.34. The highest BCUT2D eigenvalue weighted by molar-refractivity contribution is 7.89. The molecule has 0 bridgehead atoms. The minimum absolute atomic E-state index is 0.0112. The third-order valence-electron chi connectivity index (χ3n) is 3.38. The van der Waals surface area contributed by atoms with Crippen LogP contribution in [0, 0.1) is 6.92 Å². The van der Waals surface area contributed by atoms with Gasteiger partial charge in [0.05, 0.1) is 10.9 Å². The van der Waals surface area contributed by atoms with Crippen molar-refractivity contribution < 1.29 is 18.0 Å². The molecule has 0 spiro atoms. The number of aryl methyl sites for hydroxylation is 1. The highest BCUT2D eigenvalue weighted by Crippen LogP contribution is 2.39. The van der Waals surface area contributed by atoms with Crippen molar-refractivity contribution in [3.8, 4) is 0 Å². The zero-order chi connectivity index (χ0) is 16.1. The summed E-state index contributed by atoms with van der Waals surface area (Å²) >= 11 is 12.7. The zero-order valence-corrected chi connectivity index (χ0v) is 14.4. The number of thiophene rings is 1. The molecule has 1 fully saturated rings. The standard InChI is InChI=1S/C11H11Cl2N3O4S2/c1-6-14-10(20-15-6)11(17)2-3-16(5-11)22(18,19)7-4-8(12)21-9(7)13/h4,17H,2-3,5H2,1H3/t11-/m1/s1. The van der Waals surface area contributed by atoms with Crippen LogP contribution < -0.4 is 0 Å². The van der Waals surface area contributed by atoms with Crippen LogP contribution in [0.2, 0.25) is 8.67 Å². The van der Waals surface area contributed by atoms with E-state index >= 15 is 0 Å². The number of rotatable bonds is 3. The third kappa shape index (κ3) is 2.66. The van der Waals surface area contributed by atoms with Crippen molar-refractivity contribution >= 4 is 44.6 Å². The highest BCUT2D eigenvalue weighted by atomic mass is 35.5. The molecule has 0 saturated carbocycles. The predicted molar refractivity (Wildman–Crippen MR) is 80.6 cm³/mol. The van der Waals surface area contributed by atoms with Crippen molar-refractivity contribution in [3.05, 3.63) is 26.5 Å². The number of halogens is 2. The molecule has 120 valence electrons. The molecule has 1 aliphatic heterocycles. The van der Waals surface area contributed by atoms with Crippen molar-refractivity contribution in [1.82, 2.24) is 14.4 Å². The molecule has 1 aliphatic rings. The summed E-state index contributed by atoms with van der Waals surface area (Å²) in [6.07, 6.45) is 0.156. The van der Waals surface area contributed by atoms with Gasteiger partial charge in [0.2, 0.25) is 10.0 Å². The molecule has 0 amide bonds. The second-order valence-electron chi connectivity index (χ2n) is 4.96. The van der Waals surface area contributed by atoms with Crippen LogP contribution in [-0.4, -0.2) is 41.1 Å². The fraction of sp³-hybridized carbons (Fsp3) is 0.455. The Morgan fingerprint density at radius 3 is 2.77 bits per heavy atom. The van der Waals surface area contributed by atoms with E-state index in [1.54, 1.807) is 6.92 Å². The van der Waals surface area contributed by atoms with Gasteiger partial charge in [-0.2, -0.15) is 9.29 Å². The first-order chi connectivity index (χ1) is 10.2. The van der Waals surface area contributed by atoms with Crippen molar-refractivity contribution in [2.75, 3.05) is 13.1 Å². The molecule has 0 aromatic carbocycles. The molecule has 0 aliphatic carbocycles. The molecular weight excluding hydrogens is 373 g/mol. The second kappa shape index (κ2) is 5.43. The quantitative estimate of drug-likeness (QED) is 0.870. The summed E-state index contributed by atoms with van der Waals surface area (Å²) in [5, 5.41) is 14.2. The summed E-state index contributed by atoms with van der Waals surface area (Å²) < 4.78 is 31.7. The van der Waals surface area contributed by atoms with Crippen LogP contribution in [0.5, 0.6) is 0 Å². The molecule has 11 heteroatoms. The van der Waals surface area contributed by atoms with Gasteiger partial charge < -0.3 is 9.63 Å². The van der Waals surface area contributed by atoms with E-state index < -0.39 is 15.6 Å². The smallest absolute Gasteiger partial charge is 0.260 e. The van der Waals surface area contributed by atoms with E-state index in [0.717, 1.165) is 15.6 Å². The maximum Gasteiger partial charge on any atom is 0.260 e. The van der Waals surface area contributed by atoms with Crippen LogP contribution in [0.3, 0.4) is 0 Å². The molecule has 1 atom stereocenters. The van der Waals surface area contributed by atoms with E-state index in [9.17, 15) is 13.5 Å². The monoisotopic (exact) mass is 383 g/mol. The van der Waals surface area contributed by atoms with Crippen LogP contribution in [0.25, 0.3) is 0 Å². The predicted octanol–water partition coefficient (Wildman–Crippen LogP) is 2.03. The Labute approximate surface area is 140 Å². The Balaban J connectivity index is 1.90. The molecule has 1 saturated heterocycles. The lowest BCUT2D eigenvalue weighted by Gasteiger charge is -2.19. The van der Waals surface area contributed by atoms with E-state index in [1.165, 1.54) is 6.07 Å². The van der Waals surface area contributed by atoms with Crippen LogP contribution in [0.1, 0.15) is 18.1 Å². The van der Waals surface area contributed by atoms with E-state index in [0.29, 0.717) is 5.82 Å². The number of hydrogen-bond acceptors (Lipinski definition) is 7. The Morgan fingerprint density at radius 1 is 1.50 bits per heavy atom. The number of aliphatic hydroxyl groups is 1. The molecular formula is C11H11Cl2N3O4S2. The van der Waals surface area contributed by atoms with E-state index in [-0.39, 0.29) is 39.0 Å². The summed E-state index contributed by atoms with van der Waals surface area (Å²) in [6, 6.07) is 1.30. The normalized spacial score (nSPS) is 23.3. The average Bonchev–Trinajstić information content (AvgIpc) is 3.10. The SMILES string of the molecule is Cc1noc([C@@]2(O)CCN(S(=O)(=O)c3cc(Cl)sc3Cl)C2)n1. The lowest BCUT2D eigenvalue weighted by molar-refractivity contribution is 0.0194. The van der Waals surface area contributed by atoms with Crippen LogP contribution in [0.15, 0.2) is 15.5 Å². The molecule has 2 aromatic heterocycles. The summed E-state index contributed by atoms with van der Waals surface area (Å²) in [5.74, 6) is 0.384. The van der Waals surface area contributed by atoms with Gasteiger partial charge in [-0.1, -0.05) is 28.4 Å². The largest absolute Gasteiger partial charge is 0.379 e. The summed E-state index contributed by atoms with van der Waals surface area (Å²) in [5.41, 5.74) is -1.50. The van der Waals surface area contributed by atoms with Gasteiger partial charge in [0.25, 0.3) is 5.89 Å². The molecule has 0 unspecified atom stereocenters. The minimum Gasteiger partial charge on any atom is -0.379 e. The van der Waals surface area contributed by atoms with Crippen molar-refractivity contribution in [2.24, 2.45) is 0 Å². The molecule has 3 heterocycles. The Bertz CT molecular complexity index is 819. The van der Waals surface area contributed by atoms with Gasteiger partial charge in [-0.15, -0.1) is 11.3 Å². The van der Waals surface area contributed by atoms with Gasteiger partial charge in [0.1, 0.15) is 9.23 Å². The first-order valence-electron chi connectivity index (χ1n) is 6.20. The topological polar surface area (TPSA) is 96.5 Å². The molecule has 1 N–H and O–H groups in total. The maximum atomic E-state index is 12.6. The Morgan fingerprint density at radius 2 is 2.23 bits per heavy atom. The van der Waals surface area contributed by atoms with Crippen LogP contribution in [0.4, 0.5) is 0 Å². The van der Waals surface area contributed by atoms with E-state index in [4.69, 9.17) is 27.7 Å². The summed E-state index contributed by atoms with van der Waals surface area (Å²) in [4.78, 5) is 3.92. The first kappa shape index (κ1) is 16.2. The molecule has 2 aromatic rings. The van der Waals surface area contributed by atoms with Gasteiger partial charge in [-0.3, -0.25) is 0 Å². The lowest BCUT2D eigenvalue weighted by atomic mass is 10.0. The number of aromatic nitrogens is 2. The molecule has 3 rings (SSSR count). The molecule has 0 radical (unpaired) electrons. The van der Waals surface area contributed by atoms with Gasteiger partial charge in [0, 0.05) is 13.0 Å². The summed E-state index contributed by atoms with van der Waals surface area (Å²) in [6.45, 7) is 1.55. The number of sulfonamides is 1. The first-order valence-corrected chi connectivity index (χ1v) is 9.22. The average molecular weight is 384 g/mol. The van der Waals surface area contributed by atoms with Crippen molar-refractivity contribution in [1.29, 1.82) is 0 Å². The third-order valence-corrected chi connectivity index (χ3v) is 6.98. The Hall–Kier alpha value is -0.710. The Kier molecular flexibility index (Phi) is 3.99. The van der Waals surface area contributed by atoms with Crippen LogP contribution >= 0.6 is 34.5 Å². The number of nitrogens with zero attached hydrogens (tertiary/aromatic N) is 3. The molecule has 7 nitrogen and oxygen atoms in total. The number of hydrogen-bond donors (Lipinski definition) is 1. The maximum absolute atomic E-state index is 12.6. The highest BCUT2D eigenvalue weighted by Gasteiger charge is 2.47. The fourth-order valence-corrected chi connectivity index (χ4v) is 5.87. The fourth-order valence-electron chi connectivity index (χ4n) is 2.27. The van der Waals surface area contributed by atoms with Gasteiger partial charge in [-0.25, -0.2) is 8.42 Å².